The second kappa shape index (κ2) is 15.8. The number of aryl methyl sites for hydroxylation is 1. The summed E-state index contributed by atoms with van der Waals surface area (Å²) in [6.07, 6.45) is 9.12. The molecule has 2 aromatic rings. The molecule has 1 aromatic heterocycles. The van der Waals surface area contributed by atoms with E-state index in [1.54, 1.807) is 6.07 Å². The van der Waals surface area contributed by atoms with Gasteiger partial charge in [-0.3, -0.25) is 9.79 Å². The maximum absolute atomic E-state index is 12.6. The highest BCUT2D eigenvalue weighted by atomic mass is 35.5. The summed E-state index contributed by atoms with van der Waals surface area (Å²) < 4.78 is 6.63. The number of allylic oxidation sites excluding steroid dienone is 3. The van der Waals surface area contributed by atoms with Crippen LogP contribution < -0.4 is 16.8 Å². The summed E-state index contributed by atoms with van der Waals surface area (Å²) >= 11 is 12.4. The Bertz CT molecular complexity index is 1170. The summed E-state index contributed by atoms with van der Waals surface area (Å²) in [7, 11) is 1.29. The van der Waals surface area contributed by atoms with Crippen LogP contribution in [0, 0.1) is 0 Å². The van der Waals surface area contributed by atoms with Crippen molar-refractivity contribution >= 4 is 47.2 Å². The van der Waals surface area contributed by atoms with E-state index in [4.69, 9.17) is 44.5 Å². The average Bonchev–Trinajstić information content (AvgIpc) is 3.28. The summed E-state index contributed by atoms with van der Waals surface area (Å²) in [6.45, 7) is 4.44. The van der Waals surface area contributed by atoms with Crippen molar-refractivity contribution in [3.8, 4) is 11.3 Å². The molecule has 2 rings (SSSR count). The minimum Gasteiger partial charge on any atom is -0.467 e. The van der Waals surface area contributed by atoms with E-state index < -0.39 is 12.0 Å². The minimum atomic E-state index is -0.761. The fraction of sp³-hybridized carbons (Fsp3) is 0.407. The quantitative estimate of drug-likeness (QED) is 0.100. The second-order valence-corrected chi connectivity index (χ2v) is 9.47. The molecule has 0 bridgehead atoms. The number of carbonyl (C=O) groups is 2. The van der Waals surface area contributed by atoms with Crippen LogP contribution >= 0.6 is 23.2 Å². The van der Waals surface area contributed by atoms with Crippen LogP contribution in [0.3, 0.4) is 0 Å². The molecule has 206 valence electrons. The van der Waals surface area contributed by atoms with E-state index >= 15 is 0 Å². The van der Waals surface area contributed by atoms with E-state index in [1.165, 1.54) is 12.7 Å². The SMILES string of the molecule is C/C=C(/C=C/n1nc(-c2cc(Cl)cc(Cl)c2)cc1CCCC(=O)N[C@@H](CCCN=C(N)N)C(=O)OC)CC. The zero-order valence-corrected chi connectivity index (χ0v) is 23.6. The van der Waals surface area contributed by atoms with Crippen molar-refractivity contribution < 1.29 is 14.3 Å². The molecule has 1 aromatic carbocycles. The first-order valence-electron chi connectivity index (χ1n) is 12.5. The van der Waals surface area contributed by atoms with Gasteiger partial charge in [0, 0.05) is 40.5 Å². The topological polar surface area (TPSA) is 138 Å². The van der Waals surface area contributed by atoms with Gasteiger partial charge in [0.25, 0.3) is 0 Å². The number of benzene rings is 1. The van der Waals surface area contributed by atoms with E-state index in [0.717, 1.165) is 23.4 Å². The van der Waals surface area contributed by atoms with Crippen molar-refractivity contribution in [1.82, 2.24) is 15.1 Å². The molecule has 9 nitrogen and oxygen atoms in total. The largest absolute Gasteiger partial charge is 0.467 e. The normalized spacial score (nSPS) is 12.4. The summed E-state index contributed by atoms with van der Waals surface area (Å²) in [5, 5.41) is 8.54. The number of nitrogens with zero attached hydrogens (tertiary/aromatic N) is 3. The Hall–Kier alpha value is -3.30. The summed E-state index contributed by atoms with van der Waals surface area (Å²) in [5.41, 5.74) is 14.3. The Morgan fingerprint density at radius 1 is 1.18 bits per heavy atom. The van der Waals surface area contributed by atoms with Gasteiger partial charge in [0.05, 0.1) is 12.8 Å². The Kier molecular flexibility index (Phi) is 12.9. The number of carbonyl (C=O) groups excluding carboxylic acids is 2. The van der Waals surface area contributed by atoms with Crippen molar-refractivity contribution in [3.05, 3.63) is 57.7 Å². The van der Waals surface area contributed by atoms with Crippen LogP contribution in [-0.2, 0) is 20.7 Å². The average molecular weight is 564 g/mol. The van der Waals surface area contributed by atoms with Crippen LogP contribution in [0.2, 0.25) is 10.0 Å². The Morgan fingerprint density at radius 3 is 2.50 bits per heavy atom. The number of guanidine groups is 1. The molecular formula is C27H36Cl2N6O3. The van der Waals surface area contributed by atoms with Gasteiger partial charge in [-0.25, -0.2) is 9.48 Å². The fourth-order valence-corrected chi connectivity index (χ4v) is 4.29. The predicted molar refractivity (Wildman–Crippen MR) is 154 cm³/mol. The summed E-state index contributed by atoms with van der Waals surface area (Å²) in [5.74, 6) is -0.768. The van der Waals surface area contributed by atoms with Crippen molar-refractivity contribution in [2.75, 3.05) is 13.7 Å². The van der Waals surface area contributed by atoms with E-state index in [9.17, 15) is 9.59 Å². The number of ether oxygens (including phenoxy) is 1. The second-order valence-electron chi connectivity index (χ2n) is 8.60. The lowest BCUT2D eigenvalue weighted by Gasteiger charge is -2.16. The van der Waals surface area contributed by atoms with E-state index in [0.29, 0.717) is 42.3 Å². The highest BCUT2D eigenvalue weighted by Gasteiger charge is 2.21. The molecule has 5 N–H and O–H groups in total. The van der Waals surface area contributed by atoms with Gasteiger partial charge < -0.3 is 21.5 Å². The summed E-state index contributed by atoms with van der Waals surface area (Å²) in [6, 6.07) is 6.50. The van der Waals surface area contributed by atoms with Crippen LogP contribution in [0.5, 0.6) is 0 Å². The van der Waals surface area contributed by atoms with E-state index in [-0.39, 0.29) is 18.3 Å². The van der Waals surface area contributed by atoms with E-state index in [1.807, 2.05) is 42.1 Å². The molecule has 0 aliphatic rings. The van der Waals surface area contributed by atoms with Gasteiger partial charge in [-0.1, -0.05) is 41.8 Å². The van der Waals surface area contributed by atoms with Crippen molar-refractivity contribution in [2.24, 2.45) is 16.5 Å². The Labute approximate surface area is 233 Å². The van der Waals surface area contributed by atoms with Crippen molar-refractivity contribution in [2.45, 2.75) is 58.4 Å². The lowest BCUT2D eigenvalue weighted by Crippen LogP contribution is -2.41. The molecule has 1 atom stereocenters. The molecule has 0 saturated carbocycles. The zero-order chi connectivity index (χ0) is 28.1. The molecule has 0 unspecified atom stereocenters. The third-order valence-electron chi connectivity index (χ3n) is 5.78. The maximum atomic E-state index is 12.6. The molecule has 0 fully saturated rings. The van der Waals surface area contributed by atoms with Gasteiger partial charge in [0.15, 0.2) is 5.96 Å². The van der Waals surface area contributed by atoms with Crippen LogP contribution in [0.4, 0.5) is 0 Å². The number of halogens is 2. The third-order valence-corrected chi connectivity index (χ3v) is 6.22. The first kappa shape index (κ1) is 30.9. The number of rotatable bonds is 14. The maximum Gasteiger partial charge on any atom is 0.328 e. The van der Waals surface area contributed by atoms with Gasteiger partial charge in [-0.05, 0) is 69.4 Å². The molecule has 0 aliphatic carbocycles. The van der Waals surface area contributed by atoms with E-state index in [2.05, 4.69) is 23.3 Å². The number of hydrogen-bond acceptors (Lipinski definition) is 5. The number of amides is 1. The highest BCUT2D eigenvalue weighted by molar-refractivity contribution is 6.35. The molecule has 0 aliphatic heterocycles. The van der Waals surface area contributed by atoms with Crippen molar-refractivity contribution in [3.63, 3.8) is 0 Å². The molecule has 0 saturated heterocycles. The van der Waals surface area contributed by atoms with Gasteiger partial charge in [0.1, 0.15) is 6.04 Å². The molecule has 1 heterocycles. The molecule has 11 heteroatoms. The van der Waals surface area contributed by atoms with Crippen molar-refractivity contribution in [1.29, 1.82) is 0 Å². The number of aromatic nitrogens is 2. The van der Waals surface area contributed by atoms with Gasteiger partial charge >= 0.3 is 5.97 Å². The number of nitrogens with one attached hydrogen (secondary N) is 1. The number of esters is 1. The zero-order valence-electron chi connectivity index (χ0n) is 22.0. The number of methoxy groups -OCH3 is 1. The number of aliphatic imine (C=N–C) groups is 1. The highest BCUT2D eigenvalue weighted by Crippen LogP contribution is 2.27. The van der Waals surface area contributed by atoms with Gasteiger partial charge in [-0.2, -0.15) is 5.10 Å². The molecule has 0 radical (unpaired) electrons. The van der Waals surface area contributed by atoms with Gasteiger partial charge in [-0.15, -0.1) is 0 Å². The number of hydrogen-bond donors (Lipinski definition) is 3. The van der Waals surface area contributed by atoms with Gasteiger partial charge in [0.2, 0.25) is 5.91 Å². The van der Waals surface area contributed by atoms with Crippen LogP contribution in [-0.4, -0.2) is 47.3 Å². The standard InChI is InChI=1S/C27H36Cl2N6O3/c1-4-18(5-2)11-13-35-22(17-24(34-35)19-14-20(28)16-21(29)15-19)8-6-10-25(36)33-23(26(37)38-3)9-7-12-32-27(30)31/h4,11,13-17,23H,5-10,12H2,1-3H3,(H,33,36)(H4,30,31,32)/b13-11+,18-4+/t23-/m0/s1. The smallest absolute Gasteiger partial charge is 0.328 e. The lowest BCUT2D eigenvalue weighted by atomic mass is 10.1. The Morgan fingerprint density at radius 2 is 1.89 bits per heavy atom. The first-order valence-corrected chi connectivity index (χ1v) is 13.2. The number of nitrogens with two attached hydrogens (primary N) is 2. The summed E-state index contributed by atoms with van der Waals surface area (Å²) in [4.78, 5) is 28.6. The third kappa shape index (κ3) is 10.2. The minimum absolute atomic E-state index is 0.0176. The molecule has 0 spiro atoms. The molecule has 1 amide bonds. The van der Waals surface area contributed by atoms with Crippen LogP contribution in [0.25, 0.3) is 17.5 Å². The molecule has 38 heavy (non-hydrogen) atoms. The lowest BCUT2D eigenvalue weighted by molar-refractivity contribution is -0.145. The Balaban J connectivity index is 2.11. The predicted octanol–water partition coefficient (Wildman–Crippen LogP) is 4.72. The van der Waals surface area contributed by atoms with Crippen LogP contribution in [0.15, 0.2) is 47.0 Å². The first-order chi connectivity index (χ1) is 18.2. The van der Waals surface area contributed by atoms with Crippen LogP contribution in [0.1, 0.15) is 51.6 Å². The molecular weight excluding hydrogens is 527 g/mol. The monoisotopic (exact) mass is 562 g/mol. The fourth-order valence-electron chi connectivity index (χ4n) is 3.77.